The quantitative estimate of drug-likeness (QED) is 0.280. The van der Waals surface area contributed by atoms with Gasteiger partial charge >= 0.3 is 0 Å². The van der Waals surface area contributed by atoms with Crippen molar-refractivity contribution in [2.24, 2.45) is 28.8 Å². The maximum atomic E-state index is 12.6. The molecule has 0 spiro atoms. The minimum absolute atomic E-state index is 0.0612. The Kier molecular flexibility index (Phi) is 3.30. The molecule has 3 aliphatic carbocycles. The molecular formula is C17H15N3O4. The highest BCUT2D eigenvalue weighted by Crippen LogP contribution is 2.49. The molecule has 7 heteroatoms. The highest BCUT2D eigenvalue weighted by molar-refractivity contribution is 6.06. The molecule has 0 unspecified atom stereocenters. The number of benzene rings is 1. The molecule has 1 aromatic carbocycles. The number of hydrazone groups is 1. The van der Waals surface area contributed by atoms with Crippen LogP contribution in [0, 0.1) is 33.8 Å². The van der Waals surface area contributed by atoms with Crippen LogP contribution in [0.5, 0.6) is 0 Å². The summed E-state index contributed by atoms with van der Waals surface area (Å²) in [7, 11) is 0. The van der Waals surface area contributed by atoms with Crippen molar-refractivity contribution in [2.75, 3.05) is 0 Å². The van der Waals surface area contributed by atoms with Crippen LogP contribution in [0.2, 0.25) is 0 Å². The van der Waals surface area contributed by atoms with Crippen LogP contribution in [0.25, 0.3) is 0 Å². The number of nitro benzene ring substituents is 1. The van der Waals surface area contributed by atoms with E-state index in [1.54, 1.807) is 6.07 Å². The Morgan fingerprint density at radius 2 is 1.75 bits per heavy atom. The fraction of sp³-hybridized carbons (Fsp3) is 0.353. The zero-order chi connectivity index (χ0) is 16.8. The number of non-ortho nitro benzene ring substituents is 1. The predicted molar refractivity (Wildman–Crippen MR) is 84.9 cm³/mol. The van der Waals surface area contributed by atoms with Crippen LogP contribution >= 0.6 is 0 Å². The largest absolute Gasteiger partial charge is 0.272 e. The maximum absolute atomic E-state index is 12.6. The van der Waals surface area contributed by atoms with Gasteiger partial charge in [-0.05, 0) is 24.7 Å². The highest BCUT2D eigenvalue weighted by Gasteiger charge is 2.56. The molecule has 5 rings (SSSR count). The first-order valence-corrected chi connectivity index (χ1v) is 7.91. The van der Waals surface area contributed by atoms with Crippen LogP contribution in [0.3, 0.4) is 0 Å². The Morgan fingerprint density at radius 3 is 2.29 bits per heavy atom. The van der Waals surface area contributed by atoms with Gasteiger partial charge in [0.1, 0.15) is 0 Å². The fourth-order valence-electron chi connectivity index (χ4n) is 4.02. The highest BCUT2D eigenvalue weighted by atomic mass is 16.6. The van der Waals surface area contributed by atoms with Crippen LogP contribution < -0.4 is 0 Å². The average Bonchev–Trinajstić information content (AvgIpc) is 2.87. The summed E-state index contributed by atoms with van der Waals surface area (Å²) in [6, 6.07) is 5.91. The minimum Gasteiger partial charge on any atom is -0.272 e. The van der Waals surface area contributed by atoms with E-state index in [2.05, 4.69) is 5.10 Å². The second kappa shape index (κ2) is 5.36. The van der Waals surface area contributed by atoms with Gasteiger partial charge in [0, 0.05) is 17.7 Å². The maximum Gasteiger partial charge on any atom is 0.270 e. The van der Waals surface area contributed by atoms with Crippen LogP contribution in [0.1, 0.15) is 18.4 Å². The summed E-state index contributed by atoms with van der Waals surface area (Å²) in [5.41, 5.74) is 0.412. The average molecular weight is 325 g/mol. The summed E-state index contributed by atoms with van der Waals surface area (Å²) in [6.45, 7) is 0. The van der Waals surface area contributed by atoms with Crippen molar-refractivity contribution in [3.05, 3.63) is 52.1 Å². The zero-order valence-corrected chi connectivity index (χ0v) is 12.7. The van der Waals surface area contributed by atoms with Crippen molar-refractivity contribution in [1.82, 2.24) is 5.01 Å². The van der Waals surface area contributed by atoms with Crippen molar-refractivity contribution in [2.45, 2.75) is 12.8 Å². The zero-order valence-electron chi connectivity index (χ0n) is 12.7. The molecule has 4 atom stereocenters. The van der Waals surface area contributed by atoms with E-state index in [0.717, 1.165) is 17.9 Å². The third kappa shape index (κ3) is 2.16. The van der Waals surface area contributed by atoms with Crippen molar-refractivity contribution >= 4 is 23.7 Å². The monoisotopic (exact) mass is 325 g/mol. The first kappa shape index (κ1) is 14.7. The van der Waals surface area contributed by atoms with Gasteiger partial charge < -0.3 is 0 Å². The molecule has 7 nitrogen and oxygen atoms in total. The molecule has 1 saturated heterocycles. The van der Waals surface area contributed by atoms with E-state index in [4.69, 9.17) is 0 Å². The Balaban J connectivity index is 1.59. The number of allylic oxidation sites excluding steroid dienone is 2. The van der Waals surface area contributed by atoms with Crippen molar-refractivity contribution in [1.29, 1.82) is 0 Å². The fourth-order valence-corrected chi connectivity index (χ4v) is 4.02. The van der Waals surface area contributed by atoms with E-state index in [-0.39, 0.29) is 41.2 Å². The second-order valence-corrected chi connectivity index (χ2v) is 6.43. The van der Waals surface area contributed by atoms with Crippen LogP contribution in [0.4, 0.5) is 5.69 Å². The van der Waals surface area contributed by atoms with Crippen LogP contribution in [0.15, 0.2) is 41.5 Å². The van der Waals surface area contributed by atoms with Gasteiger partial charge in [-0.25, -0.2) is 0 Å². The van der Waals surface area contributed by atoms with Crippen molar-refractivity contribution < 1.29 is 14.5 Å². The lowest BCUT2D eigenvalue weighted by Crippen LogP contribution is -2.38. The van der Waals surface area contributed by atoms with Gasteiger partial charge in [-0.1, -0.05) is 24.3 Å². The lowest BCUT2D eigenvalue weighted by Gasteiger charge is -2.37. The van der Waals surface area contributed by atoms with Gasteiger partial charge in [0.05, 0.1) is 23.0 Å². The van der Waals surface area contributed by atoms with Crippen LogP contribution in [-0.2, 0) is 9.59 Å². The normalized spacial score (nSPS) is 31.1. The molecule has 24 heavy (non-hydrogen) atoms. The van der Waals surface area contributed by atoms with E-state index < -0.39 is 4.92 Å². The number of hydrogen-bond donors (Lipinski definition) is 0. The third-order valence-corrected chi connectivity index (χ3v) is 5.14. The molecule has 1 aliphatic heterocycles. The van der Waals surface area contributed by atoms with Gasteiger partial charge in [-0.3, -0.25) is 19.7 Å². The van der Waals surface area contributed by atoms with Gasteiger partial charge in [0.2, 0.25) is 0 Å². The minimum atomic E-state index is -0.499. The standard InChI is InChI=1S/C17H15N3O4/c21-16-14-11-4-5-12(7-6-11)15(14)17(22)19(16)18-9-10-2-1-3-13(8-10)20(23)24/h1-5,8-9,11-12,14-15H,6-7H2/b18-9-/t11-,12-,14+,15+/m0/s1. The molecule has 0 radical (unpaired) electrons. The van der Waals surface area contributed by atoms with E-state index in [1.807, 2.05) is 12.2 Å². The summed E-state index contributed by atoms with van der Waals surface area (Å²) in [5, 5.41) is 15.8. The van der Waals surface area contributed by atoms with Gasteiger partial charge in [0.15, 0.2) is 0 Å². The smallest absolute Gasteiger partial charge is 0.270 e. The third-order valence-electron chi connectivity index (χ3n) is 5.14. The number of imide groups is 1. The van der Waals surface area contributed by atoms with Gasteiger partial charge in [-0.2, -0.15) is 10.1 Å². The first-order valence-electron chi connectivity index (χ1n) is 7.91. The molecule has 0 aromatic heterocycles. The molecule has 1 aromatic rings. The lowest BCUT2D eigenvalue weighted by atomic mass is 9.63. The molecule has 2 fully saturated rings. The van der Waals surface area contributed by atoms with E-state index >= 15 is 0 Å². The van der Waals surface area contributed by atoms with Crippen molar-refractivity contribution in [3.8, 4) is 0 Å². The molecule has 4 aliphatic rings. The lowest BCUT2D eigenvalue weighted by molar-refractivity contribution is -0.384. The number of amides is 2. The van der Waals surface area contributed by atoms with Crippen molar-refractivity contribution in [3.63, 3.8) is 0 Å². The number of carbonyl (C=O) groups excluding carboxylic acids is 2. The molecule has 122 valence electrons. The second-order valence-electron chi connectivity index (χ2n) is 6.43. The topological polar surface area (TPSA) is 92.9 Å². The molecule has 0 N–H and O–H groups in total. The molecular weight excluding hydrogens is 310 g/mol. The van der Waals surface area contributed by atoms with E-state index in [1.165, 1.54) is 24.4 Å². The number of fused-ring (bicyclic) bond motifs is 1. The Bertz CT molecular complexity index is 769. The Hall–Kier alpha value is -2.83. The van der Waals surface area contributed by atoms with E-state index in [0.29, 0.717) is 5.56 Å². The van der Waals surface area contributed by atoms with Crippen LogP contribution in [-0.4, -0.2) is 28.0 Å². The number of hydrogen-bond acceptors (Lipinski definition) is 5. The first-order chi connectivity index (χ1) is 11.6. The molecule has 1 heterocycles. The molecule has 2 bridgehead atoms. The Labute approximate surface area is 137 Å². The summed E-state index contributed by atoms with van der Waals surface area (Å²) >= 11 is 0. The molecule has 2 amide bonds. The number of nitrogens with zero attached hydrogens (tertiary/aromatic N) is 3. The SMILES string of the molecule is O=C1[C@H]2[C@H](C(=O)N1/N=C\c1cccc([N+](=O)[O-])c1)[C@H]1C=C[C@H]2CC1. The number of rotatable bonds is 3. The summed E-state index contributed by atoms with van der Waals surface area (Å²) in [6.07, 6.45) is 7.30. The summed E-state index contributed by atoms with van der Waals surface area (Å²) < 4.78 is 0. The Morgan fingerprint density at radius 1 is 1.12 bits per heavy atom. The molecule has 1 saturated carbocycles. The summed E-state index contributed by atoms with van der Waals surface area (Å²) in [5.74, 6) is -0.882. The summed E-state index contributed by atoms with van der Waals surface area (Å²) in [4.78, 5) is 35.5. The van der Waals surface area contributed by atoms with E-state index in [9.17, 15) is 19.7 Å². The number of nitro groups is 1. The predicted octanol–water partition coefficient (Wildman–Crippen LogP) is 2.13. The van der Waals surface area contributed by atoms with Gasteiger partial charge in [0.25, 0.3) is 17.5 Å². The van der Waals surface area contributed by atoms with Gasteiger partial charge in [-0.15, -0.1) is 0 Å². The number of carbonyl (C=O) groups is 2.